The second-order valence-electron chi connectivity index (χ2n) is 3.72. The molecule has 0 saturated heterocycles. The topological polar surface area (TPSA) is 49.4 Å². The zero-order valence-electron chi connectivity index (χ0n) is 8.35. The van der Waals surface area contributed by atoms with Crippen molar-refractivity contribution in [3.63, 3.8) is 0 Å². The number of nitrogens with one attached hydrogen (secondary N) is 1. The van der Waals surface area contributed by atoms with Gasteiger partial charge in [-0.1, -0.05) is 0 Å². The van der Waals surface area contributed by atoms with Crippen molar-refractivity contribution in [1.29, 1.82) is 0 Å². The number of urea groups is 1. The van der Waals surface area contributed by atoms with Gasteiger partial charge in [0.1, 0.15) is 5.88 Å². The molecule has 0 atom stereocenters. The molecule has 0 aliphatic heterocycles. The first-order valence-corrected chi connectivity index (χ1v) is 4.46. The molecule has 0 radical (unpaired) electrons. The normalized spacial score (nSPS) is 10.8. The summed E-state index contributed by atoms with van der Waals surface area (Å²) >= 11 is 5.23. The predicted octanol–water partition coefficient (Wildman–Crippen LogP) is 1.19. The van der Waals surface area contributed by atoms with Crippen LogP contribution in [0, 0.1) is 0 Å². The number of carbonyl (C=O) groups is 2. The summed E-state index contributed by atoms with van der Waals surface area (Å²) < 4.78 is 0. The maximum Gasteiger partial charge on any atom is 0.324 e. The second kappa shape index (κ2) is 4.46. The number of alkyl halides is 1. The van der Waals surface area contributed by atoms with Crippen LogP contribution in [-0.2, 0) is 4.79 Å². The number of imide groups is 1. The molecule has 3 amide bonds. The monoisotopic (exact) mass is 206 g/mol. The van der Waals surface area contributed by atoms with E-state index in [4.69, 9.17) is 11.6 Å². The van der Waals surface area contributed by atoms with E-state index in [-0.39, 0.29) is 11.4 Å². The summed E-state index contributed by atoms with van der Waals surface area (Å²) in [5.74, 6) is -0.688. The van der Waals surface area contributed by atoms with Gasteiger partial charge < -0.3 is 4.90 Å². The molecule has 0 aliphatic rings. The van der Waals surface area contributed by atoms with Crippen molar-refractivity contribution in [3.8, 4) is 0 Å². The van der Waals surface area contributed by atoms with Crippen molar-refractivity contribution in [1.82, 2.24) is 10.2 Å². The second-order valence-corrected chi connectivity index (χ2v) is 3.98. The summed E-state index contributed by atoms with van der Waals surface area (Å²) in [6.07, 6.45) is 0. The third kappa shape index (κ3) is 4.12. The highest BCUT2D eigenvalue weighted by molar-refractivity contribution is 6.28. The molecule has 0 aromatic rings. The number of hydrogen-bond donors (Lipinski definition) is 1. The van der Waals surface area contributed by atoms with Crippen molar-refractivity contribution in [2.45, 2.75) is 26.3 Å². The van der Waals surface area contributed by atoms with Gasteiger partial charge >= 0.3 is 6.03 Å². The largest absolute Gasteiger partial charge is 0.324 e. The molecule has 0 aromatic carbocycles. The molecule has 5 heteroatoms. The lowest BCUT2D eigenvalue weighted by atomic mass is 10.1. The molecule has 0 spiro atoms. The average Bonchev–Trinajstić information content (AvgIpc) is 2.01. The molecule has 0 bridgehead atoms. The molecule has 0 aliphatic carbocycles. The quantitative estimate of drug-likeness (QED) is 0.656. The molecular formula is C8H15ClN2O2. The molecule has 4 nitrogen and oxygen atoms in total. The lowest BCUT2D eigenvalue weighted by Gasteiger charge is -2.31. The van der Waals surface area contributed by atoms with E-state index in [1.165, 1.54) is 4.90 Å². The Hall–Kier alpha value is -0.770. The fourth-order valence-corrected chi connectivity index (χ4v) is 0.608. The van der Waals surface area contributed by atoms with E-state index < -0.39 is 11.9 Å². The lowest BCUT2D eigenvalue weighted by Crippen LogP contribution is -2.49. The van der Waals surface area contributed by atoms with Crippen molar-refractivity contribution < 1.29 is 9.59 Å². The summed E-state index contributed by atoms with van der Waals surface area (Å²) in [6, 6.07) is -0.432. The molecule has 0 rings (SSSR count). The van der Waals surface area contributed by atoms with Gasteiger partial charge in [-0.3, -0.25) is 10.1 Å². The Morgan fingerprint density at radius 2 is 1.85 bits per heavy atom. The van der Waals surface area contributed by atoms with Gasteiger partial charge in [0, 0.05) is 12.6 Å². The minimum atomic E-state index is -0.484. The third-order valence-corrected chi connectivity index (χ3v) is 1.92. The summed E-state index contributed by atoms with van der Waals surface area (Å²) in [6.45, 7) is 5.62. The number of carbonyl (C=O) groups excluding carboxylic acids is 2. The Bertz CT molecular complexity index is 211. The molecule has 0 fully saturated rings. The minimum absolute atomic E-state index is 0.205. The van der Waals surface area contributed by atoms with Crippen molar-refractivity contribution >= 4 is 23.5 Å². The first kappa shape index (κ1) is 12.2. The van der Waals surface area contributed by atoms with E-state index in [1.54, 1.807) is 7.05 Å². The number of rotatable bonds is 1. The van der Waals surface area contributed by atoms with E-state index >= 15 is 0 Å². The summed E-state index contributed by atoms with van der Waals surface area (Å²) in [5, 5.41) is 2.15. The Labute approximate surface area is 83.2 Å². The summed E-state index contributed by atoms with van der Waals surface area (Å²) in [5.41, 5.74) is -0.309. The van der Waals surface area contributed by atoms with Crippen molar-refractivity contribution in [3.05, 3.63) is 0 Å². The highest BCUT2D eigenvalue weighted by atomic mass is 35.5. The molecular weight excluding hydrogens is 192 g/mol. The van der Waals surface area contributed by atoms with Crippen LogP contribution in [0.4, 0.5) is 4.79 Å². The Morgan fingerprint density at radius 3 is 2.15 bits per heavy atom. The van der Waals surface area contributed by atoms with Crippen molar-refractivity contribution in [2.75, 3.05) is 12.9 Å². The van der Waals surface area contributed by atoms with Crippen LogP contribution in [0.25, 0.3) is 0 Å². The van der Waals surface area contributed by atoms with Crippen LogP contribution in [0.1, 0.15) is 20.8 Å². The van der Waals surface area contributed by atoms with Crippen LogP contribution in [0.3, 0.4) is 0 Å². The molecule has 0 unspecified atom stereocenters. The fraction of sp³-hybridized carbons (Fsp3) is 0.750. The molecule has 13 heavy (non-hydrogen) atoms. The fourth-order valence-electron chi connectivity index (χ4n) is 0.541. The molecule has 0 heterocycles. The summed E-state index contributed by atoms with van der Waals surface area (Å²) in [4.78, 5) is 23.5. The van der Waals surface area contributed by atoms with Gasteiger partial charge in [0.15, 0.2) is 0 Å². The molecule has 0 saturated carbocycles. The molecule has 0 aromatic heterocycles. The van der Waals surface area contributed by atoms with Crippen LogP contribution in [0.15, 0.2) is 0 Å². The number of nitrogens with zero attached hydrogens (tertiary/aromatic N) is 1. The average molecular weight is 207 g/mol. The third-order valence-electron chi connectivity index (χ3n) is 1.68. The van der Waals surface area contributed by atoms with E-state index in [9.17, 15) is 9.59 Å². The first-order valence-electron chi connectivity index (χ1n) is 3.92. The highest BCUT2D eigenvalue weighted by Gasteiger charge is 2.23. The SMILES string of the molecule is CN(C(=O)NC(=O)CCl)C(C)(C)C. The number of hydrogen-bond acceptors (Lipinski definition) is 2. The predicted molar refractivity (Wildman–Crippen MR) is 51.8 cm³/mol. The van der Waals surface area contributed by atoms with Crippen LogP contribution in [0.5, 0.6) is 0 Å². The standard InChI is InChI=1S/C8H15ClN2O2/c1-8(2,3)11(4)7(13)10-6(12)5-9/h5H2,1-4H3,(H,10,12,13). The zero-order chi connectivity index (χ0) is 10.6. The van der Waals surface area contributed by atoms with Gasteiger partial charge in [0.05, 0.1) is 0 Å². The minimum Gasteiger partial charge on any atom is -0.323 e. The van der Waals surface area contributed by atoms with Gasteiger partial charge in [0.25, 0.3) is 0 Å². The number of halogens is 1. The van der Waals surface area contributed by atoms with Crippen LogP contribution < -0.4 is 5.32 Å². The first-order chi connectivity index (χ1) is 5.79. The Kier molecular flexibility index (Phi) is 4.20. The smallest absolute Gasteiger partial charge is 0.323 e. The van der Waals surface area contributed by atoms with Gasteiger partial charge in [0.2, 0.25) is 5.91 Å². The van der Waals surface area contributed by atoms with E-state index in [2.05, 4.69) is 5.32 Å². The van der Waals surface area contributed by atoms with Crippen LogP contribution in [0.2, 0.25) is 0 Å². The Morgan fingerprint density at radius 1 is 1.38 bits per heavy atom. The van der Waals surface area contributed by atoms with E-state index in [1.807, 2.05) is 20.8 Å². The van der Waals surface area contributed by atoms with Crippen molar-refractivity contribution in [2.24, 2.45) is 0 Å². The van der Waals surface area contributed by atoms with Gasteiger partial charge in [-0.15, -0.1) is 11.6 Å². The lowest BCUT2D eigenvalue weighted by molar-refractivity contribution is -0.117. The molecule has 1 N–H and O–H groups in total. The van der Waals surface area contributed by atoms with Crippen LogP contribution >= 0.6 is 11.6 Å². The zero-order valence-corrected chi connectivity index (χ0v) is 9.10. The summed E-state index contributed by atoms with van der Waals surface area (Å²) in [7, 11) is 1.62. The Balaban J connectivity index is 4.20. The van der Waals surface area contributed by atoms with Gasteiger partial charge in [-0.2, -0.15) is 0 Å². The van der Waals surface area contributed by atoms with E-state index in [0.717, 1.165) is 0 Å². The number of amides is 3. The van der Waals surface area contributed by atoms with E-state index in [0.29, 0.717) is 0 Å². The van der Waals surface area contributed by atoms with Gasteiger partial charge in [-0.05, 0) is 20.8 Å². The maximum absolute atomic E-state index is 11.3. The highest BCUT2D eigenvalue weighted by Crippen LogP contribution is 2.09. The molecule has 76 valence electrons. The maximum atomic E-state index is 11.3. The van der Waals surface area contributed by atoms with Crippen LogP contribution in [-0.4, -0.2) is 35.3 Å². The van der Waals surface area contributed by atoms with Gasteiger partial charge in [-0.25, -0.2) is 4.79 Å².